The first-order valence-electron chi connectivity index (χ1n) is 6.52. The van der Waals surface area contributed by atoms with Crippen LogP contribution >= 0.6 is 0 Å². The Morgan fingerprint density at radius 2 is 2.14 bits per heavy atom. The van der Waals surface area contributed by atoms with Gasteiger partial charge >= 0.3 is 5.97 Å². The summed E-state index contributed by atoms with van der Waals surface area (Å²) in [6, 6.07) is 7.12. The molecule has 6 heteroatoms. The molecule has 0 aliphatic carbocycles. The molecule has 0 bridgehead atoms. The van der Waals surface area contributed by atoms with Crippen LogP contribution in [-0.2, 0) is 9.47 Å². The zero-order valence-electron chi connectivity index (χ0n) is 12.2. The maximum Gasteiger partial charge on any atom is 0.377 e. The van der Waals surface area contributed by atoms with E-state index in [1.807, 2.05) is 25.1 Å². The number of nitrogens with zero attached hydrogens (tertiary/aromatic N) is 1. The van der Waals surface area contributed by atoms with E-state index in [4.69, 9.17) is 18.7 Å². The van der Waals surface area contributed by atoms with Crippen LogP contribution in [0.3, 0.4) is 0 Å². The normalized spacial score (nSPS) is 10.4. The van der Waals surface area contributed by atoms with Gasteiger partial charge in [0, 0.05) is 18.7 Å². The number of hydrogen-bond donors (Lipinski definition) is 0. The fourth-order valence-corrected chi connectivity index (χ4v) is 1.80. The van der Waals surface area contributed by atoms with Crippen molar-refractivity contribution in [1.29, 1.82) is 0 Å². The molecule has 1 aromatic heterocycles. The first-order chi connectivity index (χ1) is 10.2. The highest BCUT2D eigenvalue weighted by atomic mass is 16.7. The summed E-state index contributed by atoms with van der Waals surface area (Å²) in [6.07, 6.45) is 0. The fourth-order valence-electron chi connectivity index (χ4n) is 1.80. The fraction of sp³-hybridized carbons (Fsp3) is 0.333. The minimum absolute atomic E-state index is 0.0872. The summed E-state index contributed by atoms with van der Waals surface area (Å²) in [4.78, 5) is 11.5. The Bertz CT molecular complexity index is 620. The van der Waals surface area contributed by atoms with E-state index in [9.17, 15) is 4.79 Å². The van der Waals surface area contributed by atoms with Crippen LogP contribution in [0.25, 0.3) is 11.3 Å². The number of aromatic nitrogens is 1. The molecule has 2 aromatic rings. The molecule has 0 amide bonds. The SMILES string of the molecule is CCOC(=O)c1cc(-c2ccc(OCOC)c(C)c2)no1. The van der Waals surface area contributed by atoms with Gasteiger partial charge in [-0.05, 0) is 37.6 Å². The van der Waals surface area contributed by atoms with E-state index in [1.165, 1.54) is 0 Å². The van der Waals surface area contributed by atoms with E-state index in [1.54, 1.807) is 20.1 Å². The van der Waals surface area contributed by atoms with Gasteiger partial charge in [0.25, 0.3) is 0 Å². The van der Waals surface area contributed by atoms with Gasteiger partial charge < -0.3 is 18.7 Å². The molecule has 0 saturated heterocycles. The van der Waals surface area contributed by atoms with Gasteiger partial charge in [0.05, 0.1) is 6.61 Å². The molecule has 0 unspecified atom stereocenters. The van der Waals surface area contributed by atoms with Crippen molar-refractivity contribution in [1.82, 2.24) is 5.16 Å². The van der Waals surface area contributed by atoms with Crippen molar-refractivity contribution >= 4 is 5.97 Å². The van der Waals surface area contributed by atoms with Crippen LogP contribution in [0.5, 0.6) is 5.75 Å². The average Bonchev–Trinajstić information content (AvgIpc) is 2.96. The molecule has 1 heterocycles. The molecule has 2 rings (SSSR count). The Labute approximate surface area is 122 Å². The summed E-state index contributed by atoms with van der Waals surface area (Å²) in [7, 11) is 1.57. The first kappa shape index (κ1) is 15.1. The third-order valence-electron chi connectivity index (χ3n) is 2.79. The molecule has 6 nitrogen and oxygen atoms in total. The van der Waals surface area contributed by atoms with Crippen LogP contribution < -0.4 is 4.74 Å². The third-order valence-corrected chi connectivity index (χ3v) is 2.79. The Morgan fingerprint density at radius 1 is 1.33 bits per heavy atom. The smallest absolute Gasteiger partial charge is 0.377 e. The lowest BCUT2D eigenvalue weighted by Gasteiger charge is -2.08. The largest absolute Gasteiger partial charge is 0.467 e. The van der Waals surface area contributed by atoms with Crippen LogP contribution in [-0.4, -0.2) is 31.6 Å². The molecular weight excluding hydrogens is 274 g/mol. The second-order valence-corrected chi connectivity index (χ2v) is 4.33. The predicted molar refractivity (Wildman–Crippen MR) is 75.1 cm³/mol. The summed E-state index contributed by atoms with van der Waals surface area (Å²) in [5.74, 6) is 0.298. The van der Waals surface area contributed by atoms with Gasteiger partial charge in [-0.15, -0.1) is 0 Å². The van der Waals surface area contributed by atoms with Gasteiger partial charge in [-0.1, -0.05) is 5.16 Å². The van der Waals surface area contributed by atoms with Crippen LogP contribution in [0, 0.1) is 6.92 Å². The highest BCUT2D eigenvalue weighted by Crippen LogP contribution is 2.26. The molecule has 0 aliphatic rings. The van der Waals surface area contributed by atoms with Gasteiger partial charge in [0.15, 0.2) is 6.79 Å². The second kappa shape index (κ2) is 6.90. The standard InChI is InChI=1S/C15H17NO5/c1-4-19-15(17)14-8-12(16-21-14)11-5-6-13(10(2)7-11)20-9-18-3/h5-8H,4,9H2,1-3H3. The molecular formula is C15H17NO5. The maximum atomic E-state index is 11.5. The Balaban J connectivity index is 2.19. The summed E-state index contributed by atoms with van der Waals surface area (Å²) in [5.41, 5.74) is 2.33. The lowest BCUT2D eigenvalue weighted by molar-refractivity contribution is 0.0479. The number of methoxy groups -OCH3 is 1. The molecule has 0 spiro atoms. The molecule has 0 saturated carbocycles. The maximum absolute atomic E-state index is 11.5. The van der Waals surface area contributed by atoms with E-state index in [2.05, 4.69) is 5.16 Å². The summed E-state index contributed by atoms with van der Waals surface area (Å²) < 4.78 is 20.1. The number of aryl methyl sites for hydroxylation is 1. The molecule has 0 radical (unpaired) electrons. The van der Waals surface area contributed by atoms with Crippen molar-refractivity contribution < 1.29 is 23.5 Å². The molecule has 0 fully saturated rings. The molecule has 112 valence electrons. The van der Waals surface area contributed by atoms with Crippen molar-refractivity contribution in [3.05, 3.63) is 35.6 Å². The topological polar surface area (TPSA) is 70.8 Å². The van der Waals surface area contributed by atoms with Gasteiger partial charge in [0.1, 0.15) is 11.4 Å². The van der Waals surface area contributed by atoms with Crippen molar-refractivity contribution in [3.8, 4) is 17.0 Å². The average molecular weight is 291 g/mol. The summed E-state index contributed by atoms with van der Waals surface area (Å²) in [5, 5.41) is 3.88. The Morgan fingerprint density at radius 3 is 2.81 bits per heavy atom. The number of hydrogen-bond acceptors (Lipinski definition) is 6. The Hall–Kier alpha value is -2.34. The lowest BCUT2D eigenvalue weighted by Crippen LogP contribution is -2.02. The van der Waals surface area contributed by atoms with E-state index >= 15 is 0 Å². The monoisotopic (exact) mass is 291 g/mol. The summed E-state index contributed by atoms with van der Waals surface area (Å²) >= 11 is 0. The lowest BCUT2D eigenvalue weighted by atomic mass is 10.1. The summed E-state index contributed by atoms with van der Waals surface area (Å²) in [6.45, 7) is 4.13. The van der Waals surface area contributed by atoms with E-state index < -0.39 is 5.97 Å². The quantitative estimate of drug-likeness (QED) is 0.602. The zero-order valence-corrected chi connectivity index (χ0v) is 12.2. The van der Waals surface area contributed by atoms with Crippen LogP contribution in [0.15, 0.2) is 28.8 Å². The van der Waals surface area contributed by atoms with Gasteiger partial charge in [0.2, 0.25) is 5.76 Å². The van der Waals surface area contributed by atoms with Crippen molar-refractivity contribution in [2.24, 2.45) is 0 Å². The predicted octanol–water partition coefficient (Wildman–Crippen LogP) is 2.81. The number of rotatable bonds is 6. The van der Waals surface area contributed by atoms with Gasteiger partial charge in [-0.2, -0.15) is 0 Å². The van der Waals surface area contributed by atoms with Gasteiger partial charge in [-0.3, -0.25) is 0 Å². The molecule has 0 aliphatic heterocycles. The van der Waals surface area contributed by atoms with Crippen molar-refractivity contribution in [3.63, 3.8) is 0 Å². The van der Waals surface area contributed by atoms with Crippen LogP contribution in [0.1, 0.15) is 23.0 Å². The number of benzene rings is 1. The van der Waals surface area contributed by atoms with Crippen LogP contribution in [0.4, 0.5) is 0 Å². The van der Waals surface area contributed by atoms with Crippen molar-refractivity contribution in [2.45, 2.75) is 13.8 Å². The number of carbonyl (C=O) groups excluding carboxylic acids is 1. The molecule has 0 N–H and O–H groups in total. The highest BCUT2D eigenvalue weighted by Gasteiger charge is 2.15. The zero-order chi connectivity index (χ0) is 15.2. The number of carbonyl (C=O) groups is 1. The van der Waals surface area contributed by atoms with Gasteiger partial charge in [-0.25, -0.2) is 4.79 Å². The highest BCUT2D eigenvalue weighted by molar-refractivity contribution is 5.87. The minimum atomic E-state index is -0.520. The van der Waals surface area contributed by atoms with E-state index in [-0.39, 0.29) is 12.6 Å². The number of esters is 1. The Kier molecular flexibility index (Phi) is 4.94. The molecule has 0 atom stereocenters. The van der Waals surface area contributed by atoms with Crippen LogP contribution in [0.2, 0.25) is 0 Å². The second-order valence-electron chi connectivity index (χ2n) is 4.33. The molecule has 21 heavy (non-hydrogen) atoms. The number of ether oxygens (including phenoxy) is 3. The van der Waals surface area contributed by atoms with Crippen molar-refractivity contribution in [2.75, 3.05) is 20.5 Å². The third kappa shape index (κ3) is 3.61. The van der Waals surface area contributed by atoms with E-state index in [0.717, 1.165) is 16.9 Å². The first-order valence-corrected chi connectivity index (χ1v) is 6.52. The minimum Gasteiger partial charge on any atom is -0.467 e. The van der Waals surface area contributed by atoms with E-state index in [0.29, 0.717) is 12.3 Å². The molecule has 1 aromatic carbocycles.